The normalized spacial score (nSPS) is 25.4. The van der Waals surface area contributed by atoms with Crippen LogP contribution in [-0.4, -0.2) is 39.9 Å². The monoisotopic (exact) mass is 212 g/mol. The van der Waals surface area contributed by atoms with Crippen LogP contribution in [0.15, 0.2) is 0 Å². The van der Waals surface area contributed by atoms with Crippen LogP contribution < -0.4 is 10.6 Å². The lowest BCUT2D eigenvalue weighted by molar-refractivity contribution is 0.0659. The van der Waals surface area contributed by atoms with Crippen LogP contribution in [0, 0.1) is 11.3 Å². The fourth-order valence-electron chi connectivity index (χ4n) is 2.46. The summed E-state index contributed by atoms with van der Waals surface area (Å²) in [5.41, 5.74) is 0.597. The first-order chi connectivity index (χ1) is 7.35. The third kappa shape index (κ3) is 3.44. The van der Waals surface area contributed by atoms with Crippen molar-refractivity contribution in [2.24, 2.45) is 11.3 Å². The van der Waals surface area contributed by atoms with Gasteiger partial charge in [-0.2, -0.15) is 0 Å². The van der Waals surface area contributed by atoms with E-state index in [2.05, 4.69) is 17.7 Å². The SMILES string of the molecule is CNCC1(CNCC2CCOCC2)CC1. The van der Waals surface area contributed by atoms with Crippen molar-refractivity contribution in [3.05, 3.63) is 0 Å². The molecule has 1 saturated heterocycles. The van der Waals surface area contributed by atoms with Crippen LogP contribution in [0.5, 0.6) is 0 Å². The molecule has 1 heterocycles. The van der Waals surface area contributed by atoms with E-state index in [1.165, 1.54) is 45.3 Å². The Labute approximate surface area is 93.0 Å². The van der Waals surface area contributed by atoms with Gasteiger partial charge in [0.15, 0.2) is 0 Å². The summed E-state index contributed by atoms with van der Waals surface area (Å²) < 4.78 is 5.36. The third-order valence-electron chi connectivity index (χ3n) is 3.78. The summed E-state index contributed by atoms with van der Waals surface area (Å²) in [7, 11) is 2.05. The Hall–Kier alpha value is -0.120. The Bertz CT molecular complexity index is 186. The molecule has 0 aromatic rings. The van der Waals surface area contributed by atoms with E-state index in [1.807, 2.05) is 0 Å². The maximum absolute atomic E-state index is 5.36. The molecular formula is C12H24N2O. The van der Waals surface area contributed by atoms with E-state index < -0.39 is 0 Å². The number of ether oxygens (including phenoxy) is 1. The Morgan fingerprint density at radius 1 is 1.20 bits per heavy atom. The molecule has 88 valence electrons. The summed E-state index contributed by atoms with van der Waals surface area (Å²) >= 11 is 0. The minimum atomic E-state index is 0.597. The van der Waals surface area contributed by atoms with Crippen LogP contribution in [0.3, 0.4) is 0 Å². The van der Waals surface area contributed by atoms with Crippen LogP contribution in [0.25, 0.3) is 0 Å². The van der Waals surface area contributed by atoms with E-state index in [0.717, 1.165) is 19.1 Å². The first-order valence-corrected chi connectivity index (χ1v) is 6.28. The van der Waals surface area contributed by atoms with Gasteiger partial charge in [-0.3, -0.25) is 0 Å². The number of hydrogen-bond acceptors (Lipinski definition) is 3. The second kappa shape index (κ2) is 5.28. The van der Waals surface area contributed by atoms with E-state index in [4.69, 9.17) is 4.74 Å². The van der Waals surface area contributed by atoms with Crippen molar-refractivity contribution >= 4 is 0 Å². The fraction of sp³-hybridized carbons (Fsp3) is 1.00. The lowest BCUT2D eigenvalue weighted by Crippen LogP contribution is -2.35. The molecule has 0 spiro atoms. The van der Waals surface area contributed by atoms with Gasteiger partial charge in [0.25, 0.3) is 0 Å². The van der Waals surface area contributed by atoms with Gasteiger partial charge in [-0.15, -0.1) is 0 Å². The molecule has 2 aliphatic rings. The molecule has 0 atom stereocenters. The van der Waals surface area contributed by atoms with Crippen molar-refractivity contribution in [3.63, 3.8) is 0 Å². The minimum Gasteiger partial charge on any atom is -0.381 e. The summed E-state index contributed by atoms with van der Waals surface area (Å²) in [6.07, 6.45) is 5.28. The standard InChI is InChI=1S/C12H24N2O/c1-13-9-12(4-5-12)10-14-8-11-2-6-15-7-3-11/h11,13-14H,2-10H2,1H3. The van der Waals surface area contributed by atoms with Gasteiger partial charge in [-0.25, -0.2) is 0 Å². The highest BCUT2D eigenvalue weighted by Crippen LogP contribution is 2.44. The smallest absolute Gasteiger partial charge is 0.0469 e. The van der Waals surface area contributed by atoms with Crippen LogP contribution in [0.1, 0.15) is 25.7 Å². The van der Waals surface area contributed by atoms with Crippen molar-refractivity contribution in [1.29, 1.82) is 0 Å². The largest absolute Gasteiger partial charge is 0.381 e. The maximum Gasteiger partial charge on any atom is 0.0469 e. The molecule has 1 aliphatic carbocycles. The van der Waals surface area contributed by atoms with Gasteiger partial charge in [0.05, 0.1) is 0 Å². The zero-order chi connectivity index (χ0) is 10.6. The zero-order valence-corrected chi connectivity index (χ0v) is 9.85. The molecule has 3 heteroatoms. The highest BCUT2D eigenvalue weighted by molar-refractivity contribution is 4.96. The molecule has 0 radical (unpaired) electrons. The molecule has 2 fully saturated rings. The highest BCUT2D eigenvalue weighted by atomic mass is 16.5. The lowest BCUT2D eigenvalue weighted by Gasteiger charge is -2.23. The van der Waals surface area contributed by atoms with Crippen LogP contribution in [-0.2, 0) is 4.74 Å². The first kappa shape index (κ1) is 11.4. The Morgan fingerprint density at radius 2 is 1.93 bits per heavy atom. The van der Waals surface area contributed by atoms with Crippen molar-refractivity contribution in [3.8, 4) is 0 Å². The van der Waals surface area contributed by atoms with E-state index in [9.17, 15) is 0 Å². The van der Waals surface area contributed by atoms with E-state index in [1.54, 1.807) is 0 Å². The Kier molecular flexibility index (Phi) is 4.00. The summed E-state index contributed by atoms with van der Waals surface area (Å²) in [5.74, 6) is 0.851. The van der Waals surface area contributed by atoms with Gasteiger partial charge in [0.2, 0.25) is 0 Å². The van der Waals surface area contributed by atoms with Gasteiger partial charge in [0, 0.05) is 26.3 Å². The second-order valence-electron chi connectivity index (χ2n) is 5.22. The quantitative estimate of drug-likeness (QED) is 0.689. The fourth-order valence-corrected chi connectivity index (χ4v) is 2.46. The summed E-state index contributed by atoms with van der Waals surface area (Å²) in [4.78, 5) is 0. The van der Waals surface area contributed by atoms with Gasteiger partial charge in [-0.1, -0.05) is 0 Å². The van der Waals surface area contributed by atoms with Gasteiger partial charge in [-0.05, 0) is 50.6 Å². The maximum atomic E-state index is 5.36. The average Bonchev–Trinajstić information content (AvgIpc) is 3.00. The molecule has 0 amide bonds. The van der Waals surface area contributed by atoms with E-state index in [-0.39, 0.29) is 0 Å². The topological polar surface area (TPSA) is 33.3 Å². The minimum absolute atomic E-state index is 0.597. The average molecular weight is 212 g/mol. The van der Waals surface area contributed by atoms with Crippen LogP contribution >= 0.6 is 0 Å². The van der Waals surface area contributed by atoms with Crippen LogP contribution in [0.4, 0.5) is 0 Å². The van der Waals surface area contributed by atoms with Crippen LogP contribution in [0.2, 0.25) is 0 Å². The number of rotatable bonds is 6. The third-order valence-corrected chi connectivity index (χ3v) is 3.78. The predicted octanol–water partition coefficient (Wildman–Crippen LogP) is 1.00. The van der Waals surface area contributed by atoms with Crippen molar-refractivity contribution < 1.29 is 4.74 Å². The molecule has 0 aromatic carbocycles. The first-order valence-electron chi connectivity index (χ1n) is 6.28. The van der Waals surface area contributed by atoms with Crippen molar-refractivity contribution in [2.45, 2.75) is 25.7 Å². The molecule has 0 unspecified atom stereocenters. The molecule has 2 rings (SSSR count). The predicted molar refractivity (Wildman–Crippen MR) is 62.0 cm³/mol. The molecule has 0 bridgehead atoms. The van der Waals surface area contributed by atoms with E-state index >= 15 is 0 Å². The Balaban J connectivity index is 1.58. The number of hydrogen-bond donors (Lipinski definition) is 2. The second-order valence-corrected chi connectivity index (χ2v) is 5.22. The Morgan fingerprint density at radius 3 is 2.53 bits per heavy atom. The lowest BCUT2D eigenvalue weighted by atomic mass is 10.00. The summed E-state index contributed by atoms with van der Waals surface area (Å²) in [5, 5.41) is 6.95. The molecule has 2 N–H and O–H groups in total. The van der Waals surface area contributed by atoms with Gasteiger partial charge < -0.3 is 15.4 Å². The van der Waals surface area contributed by atoms with Crippen molar-refractivity contribution in [2.75, 3.05) is 39.9 Å². The molecule has 1 aliphatic heterocycles. The molecule has 15 heavy (non-hydrogen) atoms. The summed E-state index contributed by atoms with van der Waals surface area (Å²) in [6, 6.07) is 0. The van der Waals surface area contributed by atoms with Gasteiger partial charge >= 0.3 is 0 Å². The zero-order valence-electron chi connectivity index (χ0n) is 9.85. The summed E-state index contributed by atoms with van der Waals surface area (Å²) in [6.45, 7) is 5.50. The highest BCUT2D eigenvalue weighted by Gasteiger charge is 2.41. The van der Waals surface area contributed by atoms with Crippen molar-refractivity contribution in [1.82, 2.24) is 10.6 Å². The molecule has 1 saturated carbocycles. The molecular weight excluding hydrogens is 188 g/mol. The number of nitrogens with one attached hydrogen (secondary N) is 2. The van der Waals surface area contributed by atoms with E-state index in [0.29, 0.717) is 5.41 Å². The van der Waals surface area contributed by atoms with Gasteiger partial charge in [0.1, 0.15) is 0 Å². The molecule has 3 nitrogen and oxygen atoms in total. The molecule has 0 aromatic heterocycles.